The molecule has 2 aromatic rings. The highest BCUT2D eigenvalue weighted by atomic mass is 35.5. The Balaban J connectivity index is 1.65. The lowest BCUT2D eigenvalue weighted by Gasteiger charge is -2.30. The maximum absolute atomic E-state index is 11.2. The second-order valence-electron chi connectivity index (χ2n) is 7.81. The molecule has 0 aliphatic carbocycles. The number of fused-ring (bicyclic) bond motifs is 1. The van der Waals surface area contributed by atoms with Crippen LogP contribution in [-0.2, 0) is 24.3 Å². The third kappa shape index (κ3) is 5.06. The van der Waals surface area contributed by atoms with E-state index in [0.29, 0.717) is 0 Å². The Morgan fingerprint density at radius 2 is 1.89 bits per heavy atom. The quantitative estimate of drug-likeness (QED) is 0.751. The molecule has 1 amide bonds. The first-order valence-corrected chi connectivity index (χ1v) is 10.3. The van der Waals surface area contributed by atoms with E-state index in [-0.39, 0.29) is 18.1 Å². The molecule has 28 heavy (non-hydrogen) atoms. The van der Waals surface area contributed by atoms with Crippen LogP contribution in [0.25, 0.3) is 0 Å². The van der Waals surface area contributed by atoms with Crippen LogP contribution in [0.2, 0.25) is 5.02 Å². The first-order valence-electron chi connectivity index (χ1n) is 9.88. The van der Waals surface area contributed by atoms with Gasteiger partial charge in [-0.3, -0.25) is 9.69 Å². The lowest BCUT2D eigenvalue weighted by molar-refractivity contribution is -0.119. The standard InChI is InChI=1S/C23H29ClN2O2/c1-15(2)28-22-10-9-20-14-26(12-11-21(20)23(22)24)13-18-5-7-19(8-6-18)16(3)25-17(4)27/h5-10,15-16H,11-14H2,1-4H3,(H,25,27). The fraction of sp³-hybridized carbons (Fsp3) is 0.435. The van der Waals surface area contributed by atoms with Gasteiger partial charge in [-0.25, -0.2) is 0 Å². The molecule has 1 aliphatic heterocycles. The van der Waals surface area contributed by atoms with Crippen LogP contribution in [-0.4, -0.2) is 23.5 Å². The molecule has 3 rings (SSSR count). The van der Waals surface area contributed by atoms with Crippen molar-refractivity contribution in [1.29, 1.82) is 0 Å². The summed E-state index contributed by atoms with van der Waals surface area (Å²) in [5.74, 6) is 0.775. The van der Waals surface area contributed by atoms with Crippen molar-refractivity contribution in [3.63, 3.8) is 0 Å². The molecule has 0 bridgehead atoms. The monoisotopic (exact) mass is 400 g/mol. The van der Waals surface area contributed by atoms with Gasteiger partial charge in [0.1, 0.15) is 5.75 Å². The van der Waals surface area contributed by atoms with Crippen molar-refractivity contribution in [3.05, 3.63) is 63.7 Å². The van der Waals surface area contributed by atoms with Crippen LogP contribution in [0.15, 0.2) is 36.4 Å². The molecule has 0 saturated carbocycles. The van der Waals surface area contributed by atoms with Gasteiger partial charge in [0, 0.05) is 26.6 Å². The summed E-state index contributed by atoms with van der Waals surface area (Å²) in [6.45, 7) is 10.3. The molecule has 1 heterocycles. The van der Waals surface area contributed by atoms with Crippen molar-refractivity contribution >= 4 is 17.5 Å². The summed E-state index contributed by atoms with van der Waals surface area (Å²) in [6.07, 6.45) is 1.05. The fourth-order valence-corrected chi connectivity index (χ4v) is 4.01. The van der Waals surface area contributed by atoms with Gasteiger partial charge in [0.05, 0.1) is 17.2 Å². The Labute approximate surface area is 172 Å². The lowest BCUT2D eigenvalue weighted by Crippen LogP contribution is -2.30. The van der Waals surface area contributed by atoms with E-state index in [4.69, 9.17) is 16.3 Å². The SMILES string of the molecule is CC(=O)NC(C)c1ccc(CN2CCc3c(ccc(OC(C)C)c3Cl)C2)cc1. The highest BCUT2D eigenvalue weighted by Gasteiger charge is 2.21. The van der Waals surface area contributed by atoms with Crippen LogP contribution in [0.1, 0.15) is 56.0 Å². The van der Waals surface area contributed by atoms with Gasteiger partial charge in [0.15, 0.2) is 0 Å². The Hall–Kier alpha value is -2.04. The summed E-state index contributed by atoms with van der Waals surface area (Å²) in [7, 11) is 0. The minimum Gasteiger partial charge on any atom is -0.489 e. The molecule has 1 N–H and O–H groups in total. The maximum atomic E-state index is 11.2. The average molecular weight is 401 g/mol. The summed E-state index contributed by atoms with van der Waals surface area (Å²) < 4.78 is 5.82. The minimum atomic E-state index is -0.0100. The Morgan fingerprint density at radius 3 is 2.54 bits per heavy atom. The predicted molar refractivity (Wildman–Crippen MR) is 114 cm³/mol. The first kappa shape index (κ1) is 20.7. The molecule has 4 nitrogen and oxygen atoms in total. The molecule has 5 heteroatoms. The Kier molecular flexibility index (Phi) is 6.63. The van der Waals surface area contributed by atoms with Gasteiger partial charge in [0.2, 0.25) is 5.91 Å². The summed E-state index contributed by atoms with van der Waals surface area (Å²) in [4.78, 5) is 13.7. The topological polar surface area (TPSA) is 41.6 Å². The van der Waals surface area contributed by atoms with Gasteiger partial charge in [0.25, 0.3) is 0 Å². The van der Waals surface area contributed by atoms with Crippen molar-refractivity contribution in [1.82, 2.24) is 10.2 Å². The molecule has 0 aromatic heterocycles. The average Bonchev–Trinajstić information content (AvgIpc) is 2.64. The molecule has 0 saturated heterocycles. The first-order chi connectivity index (χ1) is 13.3. The van der Waals surface area contributed by atoms with Crippen molar-refractivity contribution < 1.29 is 9.53 Å². The van der Waals surface area contributed by atoms with Crippen molar-refractivity contribution in [2.75, 3.05) is 6.54 Å². The molecule has 1 unspecified atom stereocenters. The number of nitrogens with zero attached hydrogens (tertiary/aromatic N) is 1. The Bertz CT molecular complexity index is 833. The van der Waals surface area contributed by atoms with Crippen molar-refractivity contribution in [3.8, 4) is 5.75 Å². The lowest BCUT2D eigenvalue weighted by atomic mass is 9.98. The number of benzene rings is 2. The number of halogens is 1. The summed E-state index contributed by atoms with van der Waals surface area (Å²) in [5, 5.41) is 3.69. The molecule has 150 valence electrons. The Morgan fingerprint density at radius 1 is 1.18 bits per heavy atom. The molecule has 0 radical (unpaired) electrons. The van der Waals surface area contributed by atoms with E-state index < -0.39 is 0 Å². The number of ether oxygens (including phenoxy) is 1. The number of hydrogen-bond acceptors (Lipinski definition) is 3. The molecular weight excluding hydrogens is 372 g/mol. The summed E-state index contributed by atoms with van der Waals surface area (Å²) in [5.41, 5.74) is 4.89. The van der Waals surface area contributed by atoms with Gasteiger partial charge in [-0.2, -0.15) is 0 Å². The molecule has 2 aromatic carbocycles. The van der Waals surface area contributed by atoms with E-state index in [1.807, 2.05) is 26.8 Å². The smallest absolute Gasteiger partial charge is 0.217 e. The zero-order valence-electron chi connectivity index (χ0n) is 17.1. The van der Waals surface area contributed by atoms with E-state index >= 15 is 0 Å². The number of carbonyl (C=O) groups excluding carboxylic acids is 1. The van der Waals surface area contributed by atoms with E-state index in [1.54, 1.807) is 6.92 Å². The van der Waals surface area contributed by atoms with Crippen molar-refractivity contribution in [2.45, 2.75) is 59.4 Å². The van der Waals surface area contributed by atoms with Gasteiger partial charge < -0.3 is 10.1 Å². The van der Waals surface area contributed by atoms with Gasteiger partial charge in [-0.15, -0.1) is 0 Å². The third-order valence-corrected chi connectivity index (χ3v) is 5.46. The van der Waals surface area contributed by atoms with Gasteiger partial charge in [-0.1, -0.05) is 41.9 Å². The normalized spacial score (nSPS) is 15.2. The number of amides is 1. The number of carbonyl (C=O) groups is 1. The van der Waals surface area contributed by atoms with E-state index in [9.17, 15) is 4.79 Å². The van der Waals surface area contributed by atoms with E-state index in [1.165, 1.54) is 16.7 Å². The maximum Gasteiger partial charge on any atom is 0.217 e. The van der Waals surface area contributed by atoms with Crippen molar-refractivity contribution in [2.24, 2.45) is 0 Å². The van der Waals surface area contributed by atoms with Crippen LogP contribution in [0, 0.1) is 0 Å². The summed E-state index contributed by atoms with van der Waals surface area (Å²) >= 11 is 6.59. The number of rotatable bonds is 6. The van der Waals surface area contributed by atoms with Crippen LogP contribution in [0.5, 0.6) is 5.75 Å². The van der Waals surface area contributed by atoms with E-state index in [2.05, 4.69) is 40.5 Å². The second-order valence-corrected chi connectivity index (χ2v) is 8.18. The minimum absolute atomic E-state index is 0.0100. The van der Waals surface area contributed by atoms with Crippen LogP contribution in [0.4, 0.5) is 0 Å². The van der Waals surface area contributed by atoms with Crippen LogP contribution < -0.4 is 10.1 Å². The predicted octanol–water partition coefficient (Wildman–Crippen LogP) is 4.88. The third-order valence-electron chi connectivity index (χ3n) is 5.05. The fourth-order valence-electron chi connectivity index (χ4n) is 3.69. The zero-order chi connectivity index (χ0) is 20.3. The summed E-state index contributed by atoms with van der Waals surface area (Å²) in [6, 6.07) is 12.6. The molecule has 0 spiro atoms. The largest absolute Gasteiger partial charge is 0.489 e. The number of hydrogen-bond donors (Lipinski definition) is 1. The molecular formula is C23H29ClN2O2. The second kappa shape index (κ2) is 8.97. The number of nitrogens with one attached hydrogen (secondary N) is 1. The molecule has 1 aliphatic rings. The zero-order valence-corrected chi connectivity index (χ0v) is 17.8. The highest BCUT2D eigenvalue weighted by molar-refractivity contribution is 6.33. The van der Waals surface area contributed by atoms with Gasteiger partial charge in [-0.05, 0) is 55.5 Å². The van der Waals surface area contributed by atoms with Crippen LogP contribution in [0.3, 0.4) is 0 Å². The molecule has 1 atom stereocenters. The van der Waals surface area contributed by atoms with Crippen LogP contribution >= 0.6 is 11.6 Å². The van der Waals surface area contributed by atoms with Gasteiger partial charge >= 0.3 is 0 Å². The van der Waals surface area contributed by atoms with E-state index in [0.717, 1.165) is 42.4 Å². The highest BCUT2D eigenvalue weighted by Crippen LogP contribution is 2.35. The molecule has 0 fully saturated rings.